The number of benzene rings is 2. The molecule has 0 aliphatic carbocycles. The summed E-state index contributed by atoms with van der Waals surface area (Å²) in [5.74, 6) is -0.329. The van der Waals surface area contributed by atoms with Gasteiger partial charge < -0.3 is 9.84 Å². The predicted octanol–water partition coefficient (Wildman–Crippen LogP) is 3.71. The van der Waals surface area contributed by atoms with Gasteiger partial charge in [0.25, 0.3) is 0 Å². The van der Waals surface area contributed by atoms with Gasteiger partial charge in [0.2, 0.25) is 0 Å². The molecule has 0 aliphatic rings. The van der Waals surface area contributed by atoms with Crippen molar-refractivity contribution in [1.29, 1.82) is 0 Å². The van der Waals surface area contributed by atoms with E-state index in [2.05, 4.69) is 0 Å². The first kappa shape index (κ1) is 12.5. The highest BCUT2D eigenvalue weighted by atomic mass is 35.5. The van der Waals surface area contributed by atoms with Gasteiger partial charge in [0.05, 0.1) is 12.7 Å². The molecular formula is C14H11ClO3. The Balaban J connectivity index is 2.62. The summed E-state index contributed by atoms with van der Waals surface area (Å²) < 4.78 is 5.25. The average molecular weight is 263 g/mol. The van der Waals surface area contributed by atoms with E-state index in [4.69, 9.17) is 21.4 Å². The van der Waals surface area contributed by atoms with Gasteiger partial charge in [0.1, 0.15) is 5.75 Å². The van der Waals surface area contributed by atoms with Crippen LogP contribution in [-0.4, -0.2) is 18.2 Å². The number of carbonyl (C=O) groups is 1. The Bertz CT molecular complexity index is 593. The molecule has 0 fully saturated rings. The van der Waals surface area contributed by atoms with Crippen LogP contribution < -0.4 is 4.74 Å². The summed E-state index contributed by atoms with van der Waals surface area (Å²) in [5, 5.41) is 9.49. The van der Waals surface area contributed by atoms with Gasteiger partial charge in [-0.1, -0.05) is 29.8 Å². The maximum atomic E-state index is 11.0. The van der Waals surface area contributed by atoms with Gasteiger partial charge in [-0.3, -0.25) is 0 Å². The number of methoxy groups -OCH3 is 1. The second-order valence-corrected chi connectivity index (χ2v) is 4.11. The standard InChI is InChI=1S/C14H11ClO3/c1-18-13-5-3-2-4-10(13)11-8-9(14(16)17)6-7-12(11)15/h2-8H,1H3,(H,16,17). The van der Waals surface area contributed by atoms with Crippen molar-refractivity contribution in [3.63, 3.8) is 0 Å². The van der Waals surface area contributed by atoms with Crippen molar-refractivity contribution in [2.45, 2.75) is 0 Å². The zero-order valence-electron chi connectivity index (χ0n) is 9.68. The Morgan fingerprint density at radius 3 is 2.56 bits per heavy atom. The van der Waals surface area contributed by atoms with Crippen LogP contribution in [0.1, 0.15) is 10.4 Å². The molecule has 0 saturated heterocycles. The highest BCUT2D eigenvalue weighted by molar-refractivity contribution is 6.33. The molecule has 92 valence electrons. The lowest BCUT2D eigenvalue weighted by atomic mass is 10.0. The molecule has 3 nitrogen and oxygen atoms in total. The topological polar surface area (TPSA) is 46.5 Å². The molecule has 2 aromatic carbocycles. The molecule has 2 rings (SSSR count). The maximum absolute atomic E-state index is 11.0. The second kappa shape index (κ2) is 5.10. The van der Waals surface area contributed by atoms with Crippen LogP contribution in [0.4, 0.5) is 0 Å². The number of halogens is 1. The molecule has 0 aliphatic heterocycles. The molecular weight excluding hydrogens is 252 g/mol. The number of carboxylic acid groups (broad SMARTS) is 1. The highest BCUT2D eigenvalue weighted by Gasteiger charge is 2.12. The Hall–Kier alpha value is -2.00. The molecule has 0 saturated carbocycles. The first-order chi connectivity index (χ1) is 8.63. The van der Waals surface area contributed by atoms with Crippen LogP contribution in [-0.2, 0) is 0 Å². The van der Waals surface area contributed by atoms with E-state index in [0.717, 1.165) is 5.56 Å². The molecule has 18 heavy (non-hydrogen) atoms. The van der Waals surface area contributed by atoms with Gasteiger partial charge in [0, 0.05) is 16.1 Å². The SMILES string of the molecule is COc1ccccc1-c1cc(C(=O)O)ccc1Cl. The van der Waals surface area contributed by atoms with Gasteiger partial charge >= 0.3 is 5.97 Å². The summed E-state index contributed by atoms with van der Waals surface area (Å²) in [6.45, 7) is 0. The summed E-state index contributed by atoms with van der Waals surface area (Å²) in [6.07, 6.45) is 0. The molecule has 0 aromatic heterocycles. The molecule has 0 radical (unpaired) electrons. The maximum Gasteiger partial charge on any atom is 0.335 e. The van der Waals surface area contributed by atoms with Crippen LogP contribution in [0.15, 0.2) is 42.5 Å². The van der Waals surface area contributed by atoms with Crippen LogP contribution >= 0.6 is 11.6 Å². The molecule has 0 unspecified atom stereocenters. The zero-order valence-corrected chi connectivity index (χ0v) is 10.4. The zero-order chi connectivity index (χ0) is 13.1. The van der Waals surface area contributed by atoms with Crippen LogP contribution in [0.5, 0.6) is 5.75 Å². The van der Waals surface area contributed by atoms with Crippen molar-refractivity contribution >= 4 is 17.6 Å². The van der Waals surface area contributed by atoms with Crippen LogP contribution in [0.25, 0.3) is 11.1 Å². The number of para-hydroxylation sites is 1. The number of hydrogen-bond acceptors (Lipinski definition) is 2. The number of ether oxygens (including phenoxy) is 1. The van der Waals surface area contributed by atoms with Crippen LogP contribution in [0, 0.1) is 0 Å². The Kier molecular flexibility index (Phi) is 3.53. The number of aromatic carboxylic acids is 1. The van der Waals surface area contributed by atoms with E-state index in [1.807, 2.05) is 18.2 Å². The molecule has 0 atom stereocenters. The summed E-state index contributed by atoms with van der Waals surface area (Å²) in [5.41, 5.74) is 1.61. The molecule has 2 aromatic rings. The number of carboxylic acids is 1. The monoisotopic (exact) mass is 262 g/mol. The first-order valence-electron chi connectivity index (χ1n) is 5.29. The largest absolute Gasteiger partial charge is 0.496 e. The minimum Gasteiger partial charge on any atom is -0.496 e. The Morgan fingerprint density at radius 1 is 1.17 bits per heavy atom. The van der Waals surface area contributed by atoms with Crippen molar-refractivity contribution in [2.24, 2.45) is 0 Å². The van der Waals surface area contributed by atoms with E-state index < -0.39 is 5.97 Å². The lowest BCUT2D eigenvalue weighted by Crippen LogP contribution is -1.97. The Morgan fingerprint density at radius 2 is 1.89 bits per heavy atom. The molecule has 0 heterocycles. The van der Waals surface area contributed by atoms with E-state index >= 15 is 0 Å². The van der Waals surface area contributed by atoms with E-state index in [-0.39, 0.29) is 5.56 Å². The molecule has 0 amide bonds. The third kappa shape index (κ3) is 2.31. The minimum absolute atomic E-state index is 0.195. The summed E-state index contributed by atoms with van der Waals surface area (Å²) >= 11 is 6.12. The van der Waals surface area contributed by atoms with Gasteiger partial charge in [-0.25, -0.2) is 4.79 Å². The van der Waals surface area contributed by atoms with Gasteiger partial charge in [-0.2, -0.15) is 0 Å². The van der Waals surface area contributed by atoms with E-state index in [9.17, 15) is 4.79 Å². The molecule has 0 bridgehead atoms. The van der Waals surface area contributed by atoms with Crippen molar-refractivity contribution in [1.82, 2.24) is 0 Å². The van der Waals surface area contributed by atoms with E-state index in [1.54, 1.807) is 25.3 Å². The normalized spacial score (nSPS) is 10.1. The lowest BCUT2D eigenvalue weighted by molar-refractivity contribution is 0.0697. The van der Waals surface area contributed by atoms with Gasteiger partial charge in [-0.15, -0.1) is 0 Å². The average Bonchev–Trinajstić information content (AvgIpc) is 2.39. The summed E-state index contributed by atoms with van der Waals surface area (Å²) in [7, 11) is 1.56. The fourth-order valence-corrected chi connectivity index (χ4v) is 1.95. The van der Waals surface area contributed by atoms with Gasteiger partial charge in [-0.05, 0) is 24.3 Å². The number of hydrogen-bond donors (Lipinski definition) is 1. The van der Waals surface area contributed by atoms with Crippen molar-refractivity contribution in [3.05, 3.63) is 53.1 Å². The smallest absolute Gasteiger partial charge is 0.335 e. The highest BCUT2D eigenvalue weighted by Crippen LogP contribution is 2.35. The van der Waals surface area contributed by atoms with Crippen LogP contribution in [0.3, 0.4) is 0 Å². The molecule has 4 heteroatoms. The summed E-state index contributed by atoms with van der Waals surface area (Å²) in [6, 6.07) is 11.9. The quantitative estimate of drug-likeness (QED) is 0.917. The second-order valence-electron chi connectivity index (χ2n) is 3.70. The predicted molar refractivity (Wildman–Crippen MR) is 70.4 cm³/mol. The third-order valence-electron chi connectivity index (χ3n) is 2.61. The number of rotatable bonds is 3. The van der Waals surface area contributed by atoms with Crippen LogP contribution in [0.2, 0.25) is 5.02 Å². The first-order valence-corrected chi connectivity index (χ1v) is 5.67. The fraction of sp³-hybridized carbons (Fsp3) is 0.0714. The van der Waals surface area contributed by atoms with Gasteiger partial charge in [0.15, 0.2) is 0 Å². The lowest BCUT2D eigenvalue weighted by Gasteiger charge is -2.10. The van der Waals surface area contributed by atoms with Crippen molar-refractivity contribution in [3.8, 4) is 16.9 Å². The third-order valence-corrected chi connectivity index (χ3v) is 2.94. The fourth-order valence-electron chi connectivity index (χ4n) is 1.73. The summed E-state index contributed by atoms with van der Waals surface area (Å²) in [4.78, 5) is 11.0. The van der Waals surface area contributed by atoms with E-state index in [0.29, 0.717) is 16.3 Å². The van der Waals surface area contributed by atoms with Crippen molar-refractivity contribution in [2.75, 3.05) is 7.11 Å². The molecule has 0 spiro atoms. The van der Waals surface area contributed by atoms with E-state index in [1.165, 1.54) is 6.07 Å². The Labute approximate surface area is 110 Å². The van der Waals surface area contributed by atoms with Crippen molar-refractivity contribution < 1.29 is 14.6 Å². The minimum atomic E-state index is -0.984. The molecule has 1 N–H and O–H groups in total.